The summed E-state index contributed by atoms with van der Waals surface area (Å²) in [5, 5.41) is 1.58. The summed E-state index contributed by atoms with van der Waals surface area (Å²) >= 11 is 6.85. The monoisotopic (exact) mass is 363 g/mol. The number of hydrogen-bond donors (Lipinski definition) is 1. The molecule has 0 unspecified atom stereocenters. The van der Waals surface area contributed by atoms with Gasteiger partial charge in [0.2, 0.25) is 0 Å². The number of thiocarbonyl (C=S) groups is 1. The van der Waals surface area contributed by atoms with Gasteiger partial charge in [-0.15, -0.1) is 6.58 Å². The fourth-order valence-corrected chi connectivity index (χ4v) is 3.46. The van der Waals surface area contributed by atoms with E-state index in [-0.39, 0.29) is 0 Å². The molecule has 24 heavy (non-hydrogen) atoms. The zero-order valence-corrected chi connectivity index (χ0v) is 16.0. The van der Waals surface area contributed by atoms with Crippen LogP contribution in [-0.4, -0.2) is 47.8 Å². The van der Waals surface area contributed by atoms with Gasteiger partial charge in [0, 0.05) is 30.8 Å². The molecule has 0 atom stereocenters. The van der Waals surface area contributed by atoms with Crippen LogP contribution in [0.4, 0.5) is 0 Å². The molecule has 0 aliphatic carbocycles. The predicted molar refractivity (Wildman–Crippen MR) is 108 cm³/mol. The molecule has 2 aromatic rings. The van der Waals surface area contributed by atoms with E-state index in [0.717, 1.165) is 41.3 Å². The van der Waals surface area contributed by atoms with E-state index < -0.39 is 0 Å². The minimum Gasteiger partial charge on any atom is -0.460 e. The van der Waals surface area contributed by atoms with E-state index in [4.69, 9.17) is 22.4 Å². The normalized spacial score (nSPS) is 11.1. The SMILES string of the molecule is C=CCN(CCSCc1cc2ccc(CN(C)C)cc2o1)C(N)=S. The Morgan fingerprint density at radius 2 is 2.17 bits per heavy atom. The van der Waals surface area contributed by atoms with Gasteiger partial charge >= 0.3 is 0 Å². The van der Waals surface area contributed by atoms with Crippen molar-refractivity contribution in [1.29, 1.82) is 0 Å². The first kappa shape index (κ1) is 18.8. The van der Waals surface area contributed by atoms with Gasteiger partial charge in [-0.1, -0.05) is 18.2 Å². The van der Waals surface area contributed by atoms with Crippen LogP contribution < -0.4 is 5.73 Å². The van der Waals surface area contributed by atoms with Crippen LogP contribution in [0.1, 0.15) is 11.3 Å². The van der Waals surface area contributed by atoms with E-state index in [9.17, 15) is 0 Å². The summed E-state index contributed by atoms with van der Waals surface area (Å²) in [5.74, 6) is 2.79. The van der Waals surface area contributed by atoms with E-state index >= 15 is 0 Å². The lowest BCUT2D eigenvalue weighted by Crippen LogP contribution is -2.37. The van der Waals surface area contributed by atoms with Gasteiger partial charge in [0.1, 0.15) is 11.3 Å². The van der Waals surface area contributed by atoms with Crippen LogP contribution in [0.2, 0.25) is 0 Å². The first-order valence-electron chi connectivity index (χ1n) is 7.88. The number of furan rings is 1. The van der Waals surface area contributed by atoms with Gasteiger partial charge in [0.25, 0.3) is 0 Å². The molecule has 0 radical (unpaired) electrons. The largest absolute Gasteiger partial charge is 0.460 e. The van der Waals surface area contributed by atoms with Gasteiger partial charge in [0.15, 0.2) is 5.11 Å². The Labute approximate surface area is 153 Å². The quantitative estimate of drug-likeness (QED) is 0.418. The fraction of sp³-hybridized carbons (Fsp3) is 0.389. The second-order valence-electron chi connectivity index (χ2n) is 5.95. The topological polar surface area (TPSA) is 45.6 Å². The van der Waals surface area contributed by atoms with E-state index in [2.05, 4.69) is 49.8 Å². The predicted octanol–water partition coefficient (Wildman–Crippen LogP) is 3.46. The number of rotatable bonds is 9. The third-order valence-electron chi connectivity index (χ3n) is 3.55. The second-order valence-corrected chi connectivity index (χ2v) is 7.47. The maximum absolute atomic E-state index is 5.97. The molecule has 1 aromatic heterocycles. The summed E-state index contributed by atoms with van der Waals surface area (Å²) in [6.45, 7) is 6.15. The van der Waals surface area contributed by atoms with Crippen molar-refractivity contribution < 1.29 is 4.42 Å². The average Bonchev–Trinajstić information content (AvgIpc) is 2.91. The Balaban J connectivity index is 1.88. The molecule has 0 aliphatic rings. The van der Waals surface area contributed by atoms with Crippen LogP contribution in [0.15, 0.2) is 41.3 Å². The number of nitrogens with zero attached hydrogens (tertiary/aromatic N) is 2. The van der Waals surface area contributed by atoms with Crippen molar-refractivity contribution in [3.8, 4) is 0 Å². The maximum atomic E-state index is 5.97. The molecule has 2 rings (SSSR count). The molecule has 0 saturated heterocycles. The lowest BCUT2D eigenvalue weighted by Gasteiger charge is -2.20. The number of nitrogens with two attached hydrogens (primary N) is 1. The van der Waals surface area contributed by atoms with Crippen LogP contribution in [0.25, 0.3) is 11.0 Å². The number of thioether (sulfide) groups is 1. The molecule has 2 N–H and O–H groups in total. The number of hydrogen-bond acceptors (Lipinski definition) is 4. The minimum atomic E-state index is 0.424. The maximum Gasteiger partial charge on any atom is 0.166 e. The Kier molecular flexibility index (Phi) is 7.15. The zero-order chi connectivity index (χ0) is 17.5. The van der Waals surface area contributed by atoms with Crippen molar-refractivity contribution in [2.75, 3.05) is 32.9 Å². The van der Waals surface area contributed by atoms with Crippen LogP contribution >= 0.6 is 24.0 Å². The molecule has 0 bridgehead atoms. The Morgan fingerprint density at radius 1 is 1.38 bits per heavy atom. The second kappa shape index (κ2) is 9.11. The van der Waals surface area contributed by atoms with Crippen LogP contribution in [-0.2, 0) is 12.3 Å². The van der Waals surface area contributed by atoms with Crippen molar-refractivity contribution in [2.45, 2.75) is 12.3 Å². The molecular formula is C18H25N3OS2. The van der Waals surface area contributed by atoms with Crippen molar-refractivity contribution in [2.24, 2.45) is 5.73 Å². The third kappa shape index (κ3) is 5.54. The highest BCUT2D eigenvalue weighted by atomic mass is 32.2. The fourth-order valence-electron chi connectivity index (χ4n) is 2.46. The Hall–Kier alpha value is -1.50. The summed E-state index contributed by atoms with van der Waals surface area (Å²) in [4.78, 5) is 4.10. The summed E-state index contributed by atoms with van der Waals surface area (Å²) in [5.41, 5.74) is 7.92. The molecule has 6 heteroatoms. The highest BCUT2D eigenvalue weighted by Gasteiger charge is 2.07. The standard InChI is InChI=1S/C18H25N3OS2/c1-4-7-21(18(19)23)8-9-24-13-16-11-15-6-5-14(12-20(2)3)10-17(15)22-16/h4-6,10-11H,1,7-9,12-13H2,2-3H3,(H2,19,23). The van der Waals surface area contributed by atoms with Gasteiger partial charge in [-0.05, 0) is 44.0 Å². The molecule has 0 fully saturated rings. The first-order valence-corrected chi connectivity index (χ1v) is 9.45. The smallest absolute Gasteiger partial charge is 0.166 e. The van der Waals surface area contributed by atoms with E-state index in [1.807, 2.05) is 22.7 Å². The van der Waals surface area contributed by atoms with Gasteiger partial charge < -0.3 is 20.0 Å². The lowest BCUT2D eigenvalue weighted by molar-refractivity contribution is 0.402. The molecule has 0 spiro atoms. The summed E-state index contributed by atoms with van der Waals surface area (Å²) in [6.07, 6.45) is 1.81. The highest BCUT2D eigenvalue weighted by Crippen LogP contribution is 2.24. The number of benzene rings is 1. The van der Waals surface area contributed by atoms with Crippen molar-refractivity contribution in [3.63, 3.8) is 0 Å². The van der Waals surface area contributed by atoms with Gasteiger partial charge in [0.05, 0.1) is 5.75 Å². The minimum absolute atomic E-state index is 0.424. The lowest BCUT2D eigenvalue weighted by atomic mass is 10.1. The van der Waals surface area contributed by atoms with Crippen LogP contribution in [0, 0.1) is 0 Å². The van der Waals surface area contributed by atoms with Gasteiger partial charge in [-0.25, -0.2) is 0 Å². The summed E-state index contributed by atoms with van der Waals surface area (Å²) in [7, 11) is 4.13. The van der Waals surface area contributed by atoms with Crippen molar-refractivity contribution >= 4 is 40.1 Å². The summed E-state index contributed by atoms with van der Waals surface area (Å²) < 4.78 is 5.97. The molecule has 130 valence electrons. The van der Waals surface area contributed by atoms with Crippen molar-refractivity contribution in [3.05, 3.63) is 48.2 Å². The number of fused-ring (bicyclic) bond motifs is 1. The zero-order valence-electron chi connectivity index (χ0n) is 14.3. The molecule has 0 saturated carbocycles. The van der Waals surface area contributed by atoms with E-state index in [1.165, 1.54) is 5.56 Å². The average molecular weight is 364 g/mol. The molecule has 0 aliphatic heterocycles. The Morgan fingerprint density at radius 3 is 2.83 bits per heavy atom. The van der Waals surface area contributed by atoms with E-state index in [1.54, 1.807) is 0 Å². The van der Waals surface area contributed by atoms with Crippen molar-refractivity contribution in [1.82, 2.24) is 9.80 Å². The van der Waals surface area contributed by atoms with Crippen LogP contribution in [0.5, 0.6) is 0 Å². The molecule has 4 nitrogen and oxygen atoms in total. The molecule has 1 aromatic carbocycles. The van der Waals surface area contributed by atoms with E-state index in [0.29, 0.717) is 11.7 Å². The molecule has 1 heterocycles. The Bertz CT molecular complexity index is 697. The first-order chi connectivity index (χ1) is 11.5. The van der Waals surface area contributed by atoms with Crippen LogP contribution in [0.3, 0.4) is 0 Å². The summed E-state index contributed by atoms with van der Waals surface area (Å²) in [6, 6.07) is 8.54. The highest BCUT2D eigenvalue weighted by molar-refractivity contribution is 7.98. The van der Waals surface area contributed by atoms with Gasteiger partial charge in [-0.2, -0.15) is 11.8 Å². The molecular weight excluding hydrogens is 338 g/mol. The molecule has 0 amide bonds. The third-order valence-corrected chi connectivity index (χ3v) is 4.76. The van der Waals surface area contributed by atoms with Gasteiger partial charge in [-0.3, -0.25) is 0 Å².